The highest BCUT2D eigenvalue weighted by Crippen LogP contribution is 2.02. The van der Waals surface area contributed by atoms with Crippen LogP contribution in [0.2, 0.25) is 0 Å². The molecule has 0 saturated heterocycles. The van der Waals surface area contributed by atoms with E-state index in [-0.39, 0.29) is 24.6 Å². The monoisotopic (exact) mass is 431 g/mol. The highest BCUT2D eigenvalue weighted by atomic mass is 16.6. The number of aromatic nitrogens is 1. The Morgan fingerprint density at radius 3 is 1.56 bits per heavy atom. The van der Waals surface area contributed by atoms with Crippen LogP contribution in [0.4, 0.5) is 0 Å². The van der Waals surface area contributed by atoms with Crippen LogP contribution in [0.25, 0.3) is 0 Å². The fourth-order valence-electron chi connectivity index (χ4n) is 2.45. The van der Waals surface area contributed by atoms with Crippen molar-refractivity contribution in [1.82, 2.24) is 15.6 Å². The van der Waals surface area contributed by atoms with Gasteiger partial charge in [0.25, 0.3) is 11.8 Å². The Kier molecular flexibility index (Phi) is 8.47. The zero-order chi connectivity index (χ0) is 22.4. The fourth-order valence-corrected chi connectivity index (χ4v) is 2.45. The van der Waals surface area contributed by atoms with Crippen molar-refractivity contribution < 1.29 is 19.3 Å². The summed E-state index contributed by atoms with van der Waals surface area (Å²) in [6.07, 6.45) is 2.24. The molecule has 3 rings (SSSR count). The van der Waals surface area contributed by atoms with E-state index in [4.69, 9.17) is 9.68 Å². The molecule has 0 aliphatic heterocycles. The molecule has 2 N–H and O–H groups in total. The molecule has 162 valence electrons. The van der Waals surface area contributed by atoms with Crippen LogP contribution in [0.5, 0.6) is 0 Å². The SMILES string of the molecule is O=C(N/C=N/OCc1ccccc1)c1cccc(C(=O)N/C=N/OCc2ccccc2)n1. The molecule has 9 nitrogen and oxygen atoms in total. The fraction of sp³-hybridized carbons (Fsp3) is 0.0870. The third-order valence-corrected chi connectivity index (χ3v) is 4.01. The summed E-state index contributed by atoms with van der Waals surface area (Å²) in [5, 5.41) is 12.2. The van der Waals surface area contributed by atoms with Crippen molar-refractivity contribution in [2.45, 2.75) is 13.2 Å². The van der Waals surface area contributed by atoms with Gasteiger partial charge in [-0.15, -0.1) is 0 Å². The molecule has 0 bridgehead atoms. The van der Waals surface area contributed by atoms with Crippen LogP contribution < -0.4 is 10.6 Å². The van der Waals surface area contributed by atoms with Gasteiger partial charge in [0, 0.05) is 0 Å². The summed E-state index contributed by atoms with van der Waals surface area (Å²) in [6, 6.07) is 23.5. The molecule has 9 heteroatoms. The summed E-state index contributed by atoms with van der Waals surface area (Å²) < 4.78 is 0. The Hall–Kier alpha value is -4.53. The number of oxime groups is 2. The summed E-state index contributed by atoms with van der Waals surface area (Å²) in [6.45, 7) is 0.551. The zero-order valence-corrected chi connectivity index (χ0v) is 17.0. The predicted octanol–water partition coefficient (Wildman–Crippen LogP) is 2.86. The summed E-state index contributed by atoms with van der Waals surface area (Å²) in [5.74, 6) is -1.07. The van der Waals surface area contributed by atoms with Crippen LogP contribution >= 0.6 is 0 Å². The second kappa shape index (κ2) is 12.2. The van der Waals surface area contributed by atoms with Crippen LogP contribution in [-0.2, 0) is 22.9 Å². The minimum atomic E-state index is -0.536. The first-order valence-electron chi connectivity index (χ1n) is 9.66. The van der Waals surface area contributed by atoms with Crippen LogP contribution in [0, 0.1) is 0 Å². The minimum Gasteiger partial charge on any atom is -0.390 e. The number of nitrogens with zero attached hydrogens (tertiary/aromatic N) is 3. The maximum Gasteiger partial charge on any atom is 0.275 e. The van der Waals surface area contributed by atoms with Crippen LogP contribution in [0.1, 0.15) is 32.1 Å². The van der Waals surface area contributed by atoms with Gasteiger partial charge in [-0.3, -0.25) is 9.59 Å². The Balaban J connectivity index is 1.43. The Bertz CT molecular complexity index is 989. The molecule has 1 aromatic heterocycles. The Morgan fingerprint density at radius 1 is 0.688 bits per heavy atom. The highest BCUT2D eigenvalue weighted by Gasteiger charge is 2.11. The quantitative estimate of drug-likeness (QED) is 0.291. The molecule has 0 spiro atoms. The lowest BCUT2D eigenvalue weighted by molar-refractivity contribution is 0.0962. The third kappa shape index (κ3) is 7.38. The first-order valence-corrected chi connectivity index (χ1v) is 9.66. The van der Waals surface area contributed by atoms with Gasteiger partial charge in [-0.1, -0.05) is 77.0 Å². The lowest BCUT2D eigenvalue weighted by Gasteiger charge is -2.03. The molecule has 0 aliphatic rings. The number of hydrogen-bond donors (Lipinski definition) is 2. The number of hydrogen-bond acceptors (Lipinski definition) is 7. The van der Waals surface area contributed by atoms with Gasteiger partial charge in [0.2, 0.25) is 0 Å². The summed E-state index contributed by atoms with van der Waals surface area (Å²) in [5.41, 5.74) is 1.99. The lowest BCUT2D eigenvalue weighted by Crippen LogP contribution is -2.26. The Morgan fingerprint density at radius 2 is 1.12 bits per heavy atom. The maximum atomic E-state index is 12.2. The van der Waals surface area contributed by atoms with Crippen molar-refractivity contribution in [3.8, 4) is 0 Å². The molecule has 2 aromatic carbocycles. The molecule has 0 radical (unpaired) electrons. The average molecular weight is 431 g/mol. The third-order valence-electron chi connectivity index (χ3n) is 4.01. The molecule has 0 fully saturated rings. The first-order chi connectivity index (χ1) is 15.7. The van der Waals surface area contributed by atoms with E-state index in [1.165, 1.54) is 12.1 Å². The molecule has 3 aromatic rings. The summed E-state index contributed by atoms with van der Waals surface area (Å²) >= 11 is 0. The van der Waals surface area contributed by atoms with E-state index >= 15 is 0 Å². The van der Waals surface area contributed by atoms with Gasteiger partial charge in [0.15, 0.2) is 0 Å². The number of amides is 2. The number of nitrogens with one attached hydrogen (secondary N) is 2. The van der Waals surface area contributed by atoms with Gasteiger partial charge < -0.3 is 20.3 Å². The second-order valence-corrected chi connectivity index (χ2v) is 6.34. The molecule has 0 atom stereocenters. The van der Waals surface area contributed by atoms with Crippen LogP contribution in [0.15, 0.2) is 89.2 Å². The number of pyridine rings is 1. The van der Waals surface area contributed by atoms with Gasteiger partial charge >= 0.3 is 0 Å². The standard InChI is InChI=1S/C23H21N5O4/c29-22(24-16-26-31-14-18-8-3-1-4-9-18)20-12-7-13-21(28-20)23(30)25-17-27-32-15-19-10-5-2-6-11-19/h1-13,16-17H,14-15H2,(H,24,26,29)(H,25,27,30). The van der Waals surface area contributed by atoms with Gasteiger partial charge in [0.1, 0.15) is 37.3 Å². The minimum absolute atomic E-state index is 0.0458. The van der Waals surface area contributed by atoms with Gasteiger partial charge in [0.05, 0.1) is 0 Å². The Labute approximate surface area is 184 Å². The lowest BCUT2D eigenvalue weighted by atomic mass is 10.2. The number of carbonyl (C=O) groups excluding carboxylic acids is 2. The van der Waals surface area contributed by atoms with Crippen molar-refractivity contribution >= 4 is 24.5 Å². The number of benzene rings is 2. The maximum absolute atomic E-state index is 12.2. The largest absolute Gasteiger partial charge is 0.390 e. The number of carbonyl (C=O) groups is 2. The van der Waals surface area contributed by atoms with E-state index in [0.717, 1.165) is 23.8 Å². The van der Waals surface area contributed by atoms with E-state index in [2.05, 4.69) is 25.9 Å². The summed E-state index contributed by atoms with van der Waals surface area (Å²) in [4.78, 5) is 38.6. The van der Waals surface area contributed by atoms with Gasteiger partial charge in [-0.05, 0) is 23.3 Å². The van der Waals surface area contributed by atoms with Gasteiger partial charge in [-0.2, -0.15) is 0 Å². The smallest absolute Gasteiger partial charge is 0.275 e. The molecule has 0 saturated carbocycles. The van der Waals surface area contributed by atoms with E-state index in [1.54, 1.807) is 6.07 Å². The van der Waals surface area contributed by atoms with Crippen LogP contribution in [-0.4, -0.2) is 29.5 Å². The predicted molar refractivity (Wildman–Crippen MR) is 119 cm³/mol. The molecular formula is C23H21N5O4. The molecular weight excluding hydrogens is 410 g/mol. The van der Waals surface area contributed by atoms with Crippen molar-refractivity contribution in [2.24, 2.45) is 10.3 Å². The van der Waals surface area contributed by atoms with Crippen molar-refractivity contribution in [3.63, 3.8) is 0 Å². The second-order valence-electron chi connectivity index (χ2n) is 6.34. The van der Waals surface area contributed by atoms with Crippen molar-refractivity contribution in [3.05, 3.63) is 101 Å². The van der Waals surface area contributed by atoms with Crippen molar-refractivity contribution in [1.29, 1.82) is 0 Å². The van der Waals surface area contributed by atoms with Gasteiger partial charge in [-0.25, -0.2) is 4.98 Å². The summed E-state index contributed by atoms with van der Waals surface area (Å²) in [7, 11) is 0. The normalized spacial score (nSPS) is 10.8. The molecule has 32 heavy (non-hydrogen) atoms. The van der Waals surface area contributed by atoms with E-state index in [0.29, 0.717) is 0 Å². The average Bonchev–Trinajstić information content (AvgIpc) is 2.84. The molecule has 2 amide bonds. The van der Waals surface area contributed by atoms with Crippen molar-refractivity contribution in [2.75, 3.05) is 0 Å². The molecule has 1 heterocycles. The highest BCUT2D eigenvalue weighted by molar-refractivity contribution is 6.02. The number of rotatable bonds is 10. The van der Waals surface area contributed by atoms with E-state index in [9.17, 15) is 9.59 Å². The van der Waals surface area contributed by atoms with E-state index < -0.39 is 11.8 Å². The van der Waals surface area contributed by atoms with E-state index in [1.807, 2.05) is 60.7 Å². The van der Waals surface area contributed by atoms with Crippen LogP contribution in [0.3, 0.4) is 0 Å². The molecule has 0 aliphatic carbocycles. The first kappa shape index (κ1) is 22.2. The zero-order valence-electron chi connectivity index (χ0n) is 17.0. The molecule has 0 unspecified atom stereocenters. The topological polar surface area (TPSA) is 114 Å².